The molecule has 6 nitrogen and oxygen atoms in total. The van der Waals surface area contributed by atoms with Crippen LogP contribution in [0, 0.1) is 6.92 Å². The molecule has 0 aliphatic carbocycles. The number of carbonyl (C=O) groups excluding carboxylic acids is 1. The number of nitrogens with zero attached hydrogens (tertiary/aromatic N) is 2. The molecule has 28 heavy (non-hydrogen) atoms. The Morgan fingerprint density at radius 1 is 1.18 bits per heavy atom. The van der Waals surface area contributed by atoms with E-state index in [2.05, 4.69) is 15.5 Å². The second kappa shape index (κ2) is 6.85. The van der Waals surface area contributed by atoms with Gasteiger partial charge in [0.2, 0.25) is 0 Å². The first-order valence-corrected chi connectivity index (χ1v) is 9.84. The summed E-state index contributed by atoms with van der Waals surface area (Å²) in [7, 11) is 0. The molecule has 0 radical (unpaired) electrons. The first kappa shape index (κ1) is 17.1. The lowest BCUT2D eigenvalue weighted by atomic mass is 10.0. The van der Waals surface area contributed by atoms with Gasteiger partial charge >= 0.3 is 0 Å². The van der Waals surface area contributed by atoms with Crippen LogP contribution < -0.4 is 5.32 Å². The summed E-state index contributed by atoms with van der Waals surface area (Å²) in [5.41, 5.74) is 2.54. The predicted molar refractivity (Wildman–Crippen MR) is 108 cm³/mol. The van der Waals surface area contributed by atoms with Gasteiger partial charge in [0.15, 0.2) is 5.82 Å². The fourth-order valence-corrected chi connectivity index (χ4v) is 4.62. The second-order valence-corrected chi connectivity index (χ2v) is 7.78. The van der Waals surface area contributed by atoms with Crippen molar-refractivity contribution in [3.63, 3.8) is 0 Å². The van der Waals surface area contributed by atoms with Crippen LogP contribution in [0.15, 0.2) is 47.0 Å². The highest BCUT2D eigenvalue weighted by Crippen LogP contribution is 2.42. The molecule has 1 amide bonds. The first-order chi connectivity index (χ1) is 13.7. The molecular formula is C21H17N3O3S. The summed E-state index contributed by atoms with van der Waals surface area (Å²) in [5.74, 6) is 0.835. The normalized spacial score (nSPS) is 13.5. The summed E-state index contributed by atoms with van der Waals surface area (Å²) in [6.07, 6.45) is 0.758. The van der Waals surface area contributed by atoms with Gasteiger partial charge in [-0.15, -0.1) is 11.3 Å². The number of hydrogen-bond acceptors (Lipinski definition) is 6. The van der Waals surface area contributed by atoms with Gasteiger partial charge in [-0.2, -0.15) is 4.98 Å². The zero-order valence-corrected chi connectivity index (χ0v) is 16.0. The summed E-state index contributed by atoms with van der Waals surface area (Å²) >= 11 is 1.51. The largest absolute Gasteiger partial charge is 0.376 e. The van der Waals surface area contributed by atoms with Crippen LogP contribution >= 0.6 is 11.3 Å². The van der Waals surface area contributed by atoms with Crippen LogP contribution in [0.2, 0.25) is 0 Å². The highest BCUT2D eigenvalue weighted by Gasteiger charge is 2.27. The molecule has 2 aromatic heterocycles. The van der Waals surface area contributed by atoms with Crippen molar-refractivity contribution < 1.29 is 14.1 Å². The Morgan fingerprint density at radius 2 is 2.04 bits per heavy atom. The number of benzene rings is 2. The molecule has 140 valence electrons. The van der Waals surface area contributed by atoms with Gasteiger partial charge in [0.05, 0.1) is 18.8 Å². The van der Waals surface area contributed by atoms with Crippen molar-refractivity contribution >= 4 is 33.0 Å². The van der Waals surface area contributed by atoms with E-state index < -0.39 is 0 Å². The van der Waals surface area contributed by atoms with Gasteiger partial charge in [-0.3, -0.25) is 4.79 Å². The van der Waals surface area contributed by atoms with E-state index in [9.17, 15) is 4.79 Å². The number of fused-ring (bicyclic) bond motifs is 2. The molecule has 0 atom stereocenters. The number of aromatic nitrogens is 2. The van der Waals surface area contributed by atoms with Gasteiger partial charge in [0.1, 0.15) is 5.00 Å². The maximum atomic E-state index is 13.0. The van der Waals surface area contributed by atoms with Gasteiger partial charge in [0.25, 0.3) is 11.8 Å². The monoisotopic (exact) mass is 391 g/mol. The molecule has 0 fully saturated rings. The van der Waals surface area contributed by atoms with Crippen molar-refractivity contribution in [3.05, 3.63) is 64.3 Å². The van der Waals surface area contributed by atoms with E-state index in [1.54, 1.807) is 6.92 Å². The van der Waals surface area contributed by atoms with Crippen LogP contribution in [0.25, 0.3) is 22.2 Å². The SMILES string of the molecule is Cc1noc(-c2c(NC(=O)c3ccc4ccccc4c3)sc3c2CCOC3)n1. The number of thiophene rings is 1. The Balaban J connectivity index is 1.53. The minimum Gasteiger partial charge on any atom is -0.376 e. The third-order valence-electron chi connectivity index (χ3n) is 4.80. The fraction of sp³-hybridized carbons (Fsp3) is 0.190. The summed E-state index contributed by atoms with van der Waals surface area (Å²) in [6, 6.07) is 13.7. The molecule has 2 aromatic carbocycles. The number of ether oxygens (including phenoxy) is 1. The van der Waals surface area contributed by atoms with Crippen LogP contribution in [-0.4, -0.2) is 22.7 Å². The molecule has 0 bridgehead atoms. The minimum atomic E-state index is -0.164. The standard InChI is InChI=1S/C21H17N3O3S/c1-12-22-20(27-24-12)18-16-8-9-26-11-17(16)28-21(18)23-19(25)15-7-6-13-4-2-3-5-14(13)10-15/h2-7,10H,8-9,11H2,1H3,(H,23,25). The average molecular weight is 391 g/mol. The van der Waals surface area contributed by atoms with Crippen molar-refractivity contribution in [2.75, 3.05) is 11.9 Å². The highest BCUT2D eigenvalue weighted by atomic mass is 32.1. The van der Waals surface area contributed by atoms with Crippen molar-refractivity contribution in [2.24, 2.45) is 0 Å². The van der Waals surface area contributed by atoms with Gasteiger partial charge in [0, 0.05) is 10.4 Å². The molecule has 0 saturated carbocycles. The Morgan fingerprint density at radius 3 is 2.86 bits per heavy atom. The Bertz CT molecular complexity index is 1190. The van der Waals surface area contributed by atoms with E-state index in [1.807, 2.05) is 42.5 Å². The molecule has 4 aromatic rings. The minimum absolute atomic E-state index is 0.164. The van der Waals surface area contributed by atoms with Gasteiger partial charge in [-0.1, -0.05) is 35.5 Å². The number of hydrogen-bond donors (Lipinski definition) is 1. The van der Waals surface area contributed by atoms with Crippen molar-refractivity contribution in [1.82, 2.24) is 10.1 Å². The maximum absolute atomic E-state index is 13.0. The smallest absolute Gasteiger partial charge is 0.261 e. The topological polar surface area (TPSA) is 77.2 Å². The van der Waals surface area contributed by atoms with E-state index in [1.165, 1.54) is 11.3 Å². The molecule has 5 rings (SSSR count). The lowest BCUT2D eigenvalue weighted by Gasteiger charge is -2.12. The quantitative estimate of drug-likeness (QED) is 0.553. The Labute approximate surface area is 165 Å². The predicted octanol–water partition coefficient (Wildman–Crippen LogP) is 4.58. The lowest BCUT2D eigenvalue weighted by Crippen LogP contribution is -2.12. The van der Waals surface area contributed by atoms with Gasteiger partial charge < -0.3 is 14.6 Å². The summed E-state index contributed by atoms with van der Waals surface area (Å²) < 4.78 is 11.0. The van der Waals surface area contributed by atoms with Crippen molar-refractivity contribution in [3.8, 4) is 11.5 Å². The van der Waals surface area contributed by atoms with E-state index in [0.717, 1.165) is 38.2 Å². The number of rotatable bonds is 3. The molecule has 7 heteroatoms. The zero-order valence-electron chi connectivity index (χ0n) is 15.2. The number of aryl methyl sites for hydroxylation is 1. The zero-order chi connectivity index (χ0) is 19.1. The summed E-state index contributed by atoms with van der Waals surface area (Å²) in [5, 5.41) is 9.81. The molecule has 1 aliphatic heterocycles. The van der Waals surface area contributed by atoms with Gasteiger partial charge in [-0.05, 0) is 41.8 Å². The van der Waals surface area contributed by atoms with Crippen LogP contribution in [0.4, 0.5) is 5.00 Å². The Hall–Kier alpha value is -3.03. The number of anilines is 1. The third-order valence-corrected chi connectivity index (χ3v) is 5.92. The number of nitrogens with one attached hydrogen (secondary N) is 1. The molecule has 0 unspecified atom stereocenters. The molecule has 1 N–H and O–H groups in total. The second-order valence-electron chi connectivity index (χ2n) is 6.67. The molecule has 1 aliphatic rings. The average Bonchev–Trinajstić information content (AvgIpc) is 3.30. The van der Waals surface area contributed by atoms with Crippen LogP contribution in [0.3, 0.4) is 0 Å². The van der Waals surface area contributed by atoms with E-state index in [4.69, 9.17) is 9.26 Å². The van der Waals surface area contributed by atoms with Crippen molar-refractivity contribution in [1.29, 1.82) is 0 Å². The molecular weight excluding hydrogens is 374 g/mol. The molecule has 0 saturated heterocycles. The highest BCUT2D eigenvalue weighted by molar-refractivity contribution is 7.17. The summed E-state index contributed by atoms with van der Waals surface area (Å²) in [4.78, 5) is 18.4. The van der Waals surface area contributed by atoms with Gasteiger partial charge in [-0.25, -0.2) is 0 Å². The summed E-state index contributed by atoms with van der Waals surface area (Å²) in [6.45, 7) is 2.95. The van der Waals surface area contributed by atoms with E-state index in [0.29, 0.717) is 30.5 Å². The number of carbonyl (C=O) groups is 1. The number of amides is 1. The first-order valence-electron chi connectivity index (χ1n) is 9.02. The fourth-order valence-electron chi connectivity index (χ4n) is 3.45. The lowest BCUT2D eigenvalue weighted by molar-refractivity contribution is 0.102. The molecule has 3 heterocycles. The van der Waals surface area contributed by atoms with E-state index in [-0.39, 0.29) is 5.91 Å². The molecule has 0 spiro atoms. The van der Waals surface area contributed by atoms with Crippen LogP contribution in [-0.2, 0) is 17.8 Å². The van der Waals surface area contributed by atoms with Crippen LogP contribution in [0.1, 0.15) is 26.6 Å². The Kier molecular flexibility index (Phi) is 4.18. The van der Waals surface area contributed by atoms with Crippen LogP contribution in [0.5, 0.6) is 0 Å². The van der Waals surface area contributed by atoms with Crippen molar-refractivity contribution in [2.45, 2.75) is 20.0 Å². The maximum Gasteiger partial charge on any atom is 0.261 e. The third kappa shape index (κ3) is 2.98. The van der Waals surface area contributed by atoms with E-state index >= 15 is 0 Å².